The van der Waals surface area contributed by atoms with Crippen LogP contribution in [0.5, 0.6) is 6.01 Å². The Hall–Kier alpha value is -2.01. The molecule has 0 amide bonds. The van der Waals surface area contributed by atoms with E-state index in [9.17, 15) is 0 Å². The molecule has 0 saturated heterocycles. The third-order valence-corrected chi connectivity index (χ3v) is 3.53. The van der Waals surface area contributed by atoms with Crippen LogP contribution in [0.3, 0.4) is 0 Å². The first-order valence-corrected chi connectivity index (χ1v) is 7.40. The summed E-state index contributed by atoms with van der Waals surface area (Å²) >= 11 is 0. The van der Waals surface area contributed by atoms with Crippen LogP contribution in [0.25, 0.3) is 0 Å². The summed E-state index contributed by atoms with van der Waals surface area (Å²) in [6.45, 7) is 3.37. The monoisotopic (exact) mass is 284 g/mol. The van der Waals surface area contributed by atoms with Crippen molar-refractivity contribution in [2.45, 2.75) is 38.8 Å². The van der Waals surface area contributed by atoms with Gasteiger partial charge >= 0.3 is 6.01 Å². The van der Waals surface area contributed by atoms with Crippen molar-refractivity contribution in [2.75, 3.05) is 6.61 Å². The number of pyridine rings is 1. The molecule has 1 fully saturated rings. The minimum absolute atomic E-state index is 0.443. The predicted molar refractivity (Wildman–Crippen MR) is 80.1 cm³/mol. The molecular weight excluding hydrogens is 264 g/mol. The van der Waals surface area contributed by atoms with Crippen molar-refractivity contribution in [1.82, 2.24) is 20.3 Å². The smallest absolute Gasteiger partial charge is 0.316 e. The number of rotatable bonds is 7. The maximum atomic E-state index is 5.60. The van der Waals surface area contributed by atoms with Crippen molar-refractivity contribution in [1.29, 1.82) is 0 Å². The van der Waals surface area contributed by atoms with Crippen LogP contribution in [-0.2, 0) is 13.0 Å². The van der Waals surface area contributed by atoms with Crippen LogP contribution in [0.1, 0.15) is 29.8 Å². The van der Waals surface area contributed by atoms with Crippen molar-refractivity contribution < 1.29 is 4.74 Å². The summed E-state index contributed by atoms with van der Waals surface area (Å²) in [4.78, 5) is 12.9. The van der Waals surface area contributed by atoms with Gasteiger partial charge in [0.1, 0.15) is 0 Å². The van der Waals surface area contributed by atoms with Gasteiger partial charge in [-0.1, -0.05) is 6.07 Å². The summed E-state index contributed by atoms with van der Waals surface area (Å²) in [6.07, 6.45) is 6.98. The lowest BCUT2D eigenvalue weighted by Crippen LogP contribution is -2.17. The summed E-state index contributed by atoms with van der Waals surface area (Å²) in [5, 5.41) is 3.47. The summed E-state index contributed by atoms with van der Waals surface area (Å²) in [5.74, 6) is 0. The van der Waals surface area contributed by atoms with Gasteiger partial charge in [0.15, 0.2) is 0 Å². The van der Waals surface area contributed by atoms with Gasteiger partial charge < -0.3 is 10.1 Å². The standard InChI is InChI=1S/C16H20N4O/c1-12-13(10-18-15-5-6-15)11-19-16(20-12)21-9-7-14-4-2-3-8-17-14/h2-4,8,11,15,18H,5-7,9-10H2,1H3. The van der Waals surface area contributed by atoms with Gasteiger partial charge in [0.25, 0.3) is 0 Å². The van der Waals surface area contributed by atoms with Gasteiger partial charge in [0.05, 0.1) is 6.61 Å². The van der Waals surface area contributed by atoms with Gasteiger partial charge in [-0.2, -0.15) is 0 Å². The molecular formula is C16H20N4O. The Labute approximate surface area is 124 Å². The largest absolute Gasteiger partial charge is 0.463 e. The number of aromatic nitrogens is 3. The SMILES string of the molecule is Cc1nc(OCCc2ccccn2)ncc1CNC1CC1. The number of ether oxygens (including phenoxy) is 1. The second-order valence-electron chi connectivity index (χ2n) is 5.34. The Bertz CT molecular complexity index is 584. The van der Waals surface area contributed by atoms with Gasteiger partial charge in [0, 0.05) is 48.4 Å². The molecule has 0 atom stereocenters. The Morgan fingerprint density at radius 2 is 2.19 bits per heavy atom. The van der Waals surface area contributed by atoms with E-state index in [2.05, 4.69) is 20.3 Å². The lowest BCUT2D eigenvalue weighted by molar-refractivity contribution is 0.294. The zero-order chi connectivity index (χ0) is 14.5. The van der Waals surface area contributed by atoms with Crippen LogP contribution in [0, 0.1) is 6.92 Å². The molecule has 1 saturated carbocycles. The van der Waals surface area contributed by atoms with Crippen LogP contribution in [0.15, 0.2) is 30.6 Å². The first kappa shape index (κ1) is 13.9. The summed E-state index contributed by atoms with van der Waals surface area (Å²) in [6, 6.07) is 7.01. The van der Waals surface area contributed by atoms with E-state index in [4.69, 9.17) is 4.74 Å². The molecule has 0 aliphatic heterocycles. The van der Waals surface area contributed by atoms with Crippen LogP contribution in [0.2, 0.25) is 0 Å². The molecule has 0 radical (unpaired) electrons. The number of nitrogens with zero attached hydrogens (tertiary/aromatic N) is 3. The van der Waals surface area contributed by atoms with Gasteiger partial charge in [-0.25, -0.2) is 9.97 Å². The van der Waals surface area contributed by atoms with E-state index < -0.39 is 0 Å². The van der Waals surface area contributed by atoms with Crippen molar-refractivity contribution in [3.05, 3.63) is 47.5 Å². The molecule has 1 aliphatic rings. The van der Waals surface area contributed by atoms with Crippen molar-refractivity contribution in [3.8, 4) is 6.01 Å². The molecule has 0 bridgehead atoms. The lowest BCUT2D eigenvalue weighted by atomic mass is 10.2. The molecule has 2 aromatic rings. The molecule has 21 heavy (non-hydrogen) atoms. The molecule has 110 valence electrons. The van der Waals surface area contributed by atoms with Crippen molar-refractivity contribution in [2.24, 2.45) is 0 Å². The number of hydrogen-bond donors (Lipinski definition) is 1. The first-order valence-electron chi connectivity index (χ1n) is 7.40. The maximum Gasteiger partial charge on any atom is 0.316 e. The molecule has 5 heteroatoms. The Kier molecular flexibility index (Phi) is 4.40. The maximum absolute atomic E-state index is 5.60. The molecule has 0 spiro atoms. The van der Waals surface area contributed by atoms with E-state index in [0.717, 1.165) is 29.9 Å². The highest BCUT2D eigenvalue weighted by Crippen LogP contribution is 2.19. The molecule has 2 aromatic heterocycles. The van der Waals surface area contributed by atoms with Crippen LogP contribution in [-0.4, -0.2) is 27.6 Å². The minimum Gasteiger partial charge on any atom is -0.463 e. The normalized spacial score (nSPS) is 14.1. The van der Waals surface area contributed by atoms with Crippen LogP contribution >= 0.6 is 0 Å². The quantitative estimate of drug-likeness (QED) is 0.843. The molecule has 2 heterocycles. The highest BCUT2D eigenvalue weighted by Gasteiger charge is 2.20. The summed E-state index contributed by atoms with van der Waals surface area (Å²) in [7, 11) is 0. The van der Waals surface area contributed by atoms with E-state index in [1.54, 1.807) is 6.20 Å². The first-order chi connectivity index (χ1) is 10.3. The zero-order valence-electron chi connectivity index (χ0n) is 12.2. The van der Waals surface area contributed by atoms with E-state index in [1.165, 1.54) is 12.8 Å². The highest BCUT2D eigenvalue weighted by atomic mass is 16.5. The Balaban J connectivity index is 1.50. The second kappa shape index (κ2) is 6.63. The van der Waals surface area contributed by atoms with Crippen LogP contribution in [0.4, 0.5) is 0 Å². The van der Waals surface area contributed by atoms with E-state index in [0.29, 0.717) is 18.7 Å². The van der Waals surface area contributed by atoms with Gasteiger partial charge in [-0.15, -0.1) is 0 Å². The van der Waals surface area contributed by atoms with E-state index in [1.807, 2.05) is 31.3 Å². The molecule has 0 unspecified atom stereocenters. The summed E-state index contributed by atoms with van der Waals surface area (Å²) in [5.41, 5.74) is 3.13. The fourth-order valence-electron chi connectivity index (χ4n) is 2.05. The van der Waals surface area contributed by atoms with Crippen molar-refractivity contribution in [3.63, 3.8) is 0 Å². The number of hydrogen-bond acceptors (Lipinski definition) is 5. The van der Waals surface area contributed by atoms with E-state index >= 15 is 0 Å². The Morgan fingerprint density at radius 3 is 2.90 bits per heavy atom. The third kappa shape index (κ3) is 4.23. The zero-order valence-corrected chi connectivity index (χ0v) is 12.2. The topological polar surface area (TPSA) is 59.9 Å². The second-order valence-corrected chi connectivity index (χ2v) is 5.34. The molecule has 1 N–H and O–H groups in total. The molecule has 1 aliphatic carbocycles. The number of nitrogens with one attached hydrogen (secondary N) is 1. The van der Waals surface area contributed by atoms with Gasteiger partial charge in [-0.3, -0.25) is 4.98 Å². The summed E-state index contributed by atoms with van der Waals surface area (Å²) < 4.78 is 5.60. The van der Waals surface area contributed by atoms with Gasteiger partial charge in [-0.05, 0) is 31.9 Å². The minimum atomic E-state index is 0.443. The molecule has 0 aromatic carbocycles. The lowest BCUT2D eigenvalue weighted by Gasteiger charge is -2.08. The predicted octanol–water partition coefficient (Wildman–Crippen LogP) is 2.05. The highest BCUT2D eigenvalue weighted by molar-refractivity contribution is 5.18. The van der Waals surface area contributed by atoms with Crippen LogP contribution < -0.4 is 10.1 Å². The average Bonchev–Trinajstić information content (AvgIpc) is 3.32. The number of aryl methyl sites for hydroxylation is 1. The fourth-order valence-corrected chi connectivity index (χ4v) is 2.05. The average molecular weight is 284 g/mol. The molecule has 5 nitrogen and oxygen atoms in total. The fraction of sp³-hybridized carbons (Fsp3) is 0.438. The molecule has 3 rings (SSSR count). The van der Waals surface area contributed by atoms with E-state index in [-0.39, 0.29) is 0 Å². The van der Waals surface area contributed by atoms with Crippen molar-refractivity contribution >= 4 is 0 Å². The van der Waals surface area contributed by atoms with Gasteiger partial charge in [0.2, 0.25) is 0 Å². The third-order valence-electron chi connectivity index (χ3n) is 3.53. The Morgan fingerprint density at radius 1 is 1.29 bits per heavy atom.